The third-order valence-electron chi connectivity index (χ3n) is 4.03. The van der Waals surface area contributed by atoms with Gasteiger partial charge in [-0.2, -0.15) is 0 Å². The molecule has 0 unspecified atom stereocenters. The van der Waals surface area contributed by atoms with Crippen LogP contribution in [0, 0.1) is 5.92 Å². The van der Waals surface area contributed by atoms with E-state index in [1.807, 2.05) is 25.7 Å². The summed E-state index contributed by atoms with van der Waals surface area (Å²) in [5, 5.41) is 0. The fourth-order valence-corrected chi connectivity index (χ4v) is 4.31. The molecule has 0 aromatic carbocycles. The summed E-state index contributed by atoms with van der Waals surface area (Å²) in [7, 11) is -3.12. The molecule has 1 saturated heterocycles. The van der Waals surface area contributed by atoms with Gasteiger partial charge in [-0.25, -0.2) is 12.7 Å². The SMILES string of the molecule is CCCCS(=O)(=O)N1CCC(C(=O)N(CC)CC)CC1. The molecule has 0 aromatic heterocycles. The van der Waals surface area contributed by atoms with Crippen LogP contribution in [0.5, 0.6) is 0 Å². The molecule has 1 rings (SSSR count). The smallest absolute Gasteiger partial charge is 0.225 e. The number of unbranched alkanes of at least 4 members (excludes halogenated alkanes) is 1. The van der Waals surface area contributed by atoms with Crippen molar-refractivity contribution < 1.29 is 13.2 Å². The number of hydrogen-bond acceptors (Lipinski definition) is 3. The van der Waals surface area contributed by atoms with Crippen molar-refractivity contribution in [3.05, 3.63) is 0 Å². The van der Waals surface area contributed by atoms with Crippen molar-refractivity contribution in [2.45, 2.75) is 46.5 Å². The monoisotopic (exact) mass is 304 g/mol. The van der Waals surface area contributed by atoms with Crippen LogP contribution in [-0.2, 0) is 14.8 Å². The lowest BCUT2D eigenvalue weighted by Crippen LogP contribution is -2.44. The lowest BCUT2D eigenvalue weighted by atomic mass is 9.96. The molecule has 0 aromatic rings. The van der Waals surface area contributed by atoms with E-state index in [2.05, 4.69) is 0 Å². The molecule has 1 aliphatic heterocycles. The maximum Gasteiger partial charge on any atom is 0.225 e. The van der Waals surface area contributed by atoms with Crippen LogP contribution in [0.25, 0.3) is 0 Å². The van der Waals surface area contributed by atoms with Gasteiger partial charge in [-0.1, -0.05) is 13.3 Å². The molecular weight excluding hydrogens is 276 g/mol. The first kappa shape index (κ1) is 17.4. The summed E-state index contributed by atoms with van der Waals surface area (Å²) in [5.74, 6) is 0.408. The van der Waals surface area contributed by atoms with Crippen molar-refractivity contribution in [3.63, 3.8) is 0 Å². The van der Waals surface area contributed by atoms with E-state index in [0.29, 0.717) is 32.4 Å². The number of rotatable bonds is 7. The molecule has 5 nitrogen and oxygen atoms in total. The molecule has 0 N–H and O–H groups in total. The summed E-state index contributed by atoms with van der Waals surface area (Å²) in [6.45, 7) is 8.38. The van der Waals surface area contributed by atoms with Crippen molar-refractivity contribution in [2.75, 3.05) is 31.9 Å². The zero-order valence-electron chi connectivity index (χ0n) is 13.0. The Morgan fingerprint density at radius 1 is 1.15 bits per heavy atom. The van der Waals surface area contributed by atoms with E-state index < -0.39 is 10.0 Å². The van der Waals surface area contributed by atoms with E-state index in [1.54, 1.807) is 4.31 Å². The van der Waals surface area contributed by atoms with Crippen LogP contribution in [0.3, 0.4) is 0 Å². The number of piperidine rings is 1. The zero-order valence-corrected chi connectivity index (χ0v) is 13.8. The van der Waals surface area contributed by atoms with Gasteiger partial charge in [0.15, 0.2) is 0 Å². The summed E-state index contributed by atoms with van der Waals surface area (Å²) < 4.78 is 25.8. The first-order valence-electron chi connectivity index (χ1n) is 7.72. The van der Waals surface area contributed by atoms with Crippen LogP contribution >= 0.6 is 0 Å². The largest absolute Gasteiger partial charge is 0.343 e. The Labute approximate surface area is 123 Å². The van der Waals surface area contributed by atoms with Gasteiger partial charge >= 0.3 is 0 Å². The van der Waals surface area contributed by atoms with Gasteiger partial charge < -0.3 is 4.90 Å². The Kier molecular flexibility index (Phi) is 6.95. The van der Waals surface area contributed by atoms with Gasteiger partial charge in [0.1, 0.15) is 0 Å². The van der Waals surface area contributed by atoms with Gasteiger partial charge in [-0.15, -0.1) is 0 Å². The van der Waals surface area contributed by atoms with Gasteiger partial charge in [-0.05, 0) is 33.1 Å². The summed E-state index contributed by atoms with van der Waals surface area (Å²) in [4.78, 5) is 14.1. The van der Waals surface area contributed by atoms with Gasteiger partial charge in [0.05, 0.1) is 5.75 Å². The highest BCUT2D eigenvalue weighted by Gasteiger charge is 2.31. The molecule has 0 bridgehead atoms. The molecule has 1 aliphatic rings. The highest BCUT2D eigenvalue weighted by atomic mass is 32.2. The molecule has 20 heavy (non-hydrogen) atoms. The third kappa shape index (κ3) is 4.45. The number of nitrogens with zero attached hydrogens (tertiary/aromatic N) is 2. The fraction of sp³-hybridized carbons (Fsp3) is 0.929. The lowest BCUT2D eigenvalue weighted by Gasteiger charge is -2.33. The Bertz CT molecular complexity index is 397. The Morgan fingerprint density at radius 3 is 2.15 bits per heavy atom. The predicted molar refractivity (Wildman–Crippen MR) is 80.9 cm³/mol. The third-order valence-corrected chi connectivity index (χ3v) is 5.98. The van der Waals surface area contributed by atoms with Crippen molar-refractivity contribution in [3.8, 4) is 0 Å². The van der Waals surface area contributed by atoms with Gasteiger partial charge in [-0.3, -0.25) is 4.79 Å². The zero-order chi connectivity index (χ0) is 15.2. The van der Waals surface area contributed by atoms with E-state index in [1.165, 1.54) is 0 Å². The topological polar surface area (TPSA) is 57.7 Å². The van der Waals surface area contributed by atoms with Crippen molar-refractivity contribution in [2.24, 2.45) is 5.92 Å². The molecule has 1 fully saturated rings. The van der Waals surface area contributed by atoms with Crippen molar-refractivity contribution >= 4 is 15.9 Å². The molecule has 6 heteroatoms. The second-order valence-corrected chi connectivity index (χ2v) is 7.44. The molecule has 0 radical (unpaired) electrons. The summed E-state index contributed by atoms with van der Waals surface area (Å²) in [6, 6.07) is 0. The second-order valence-electron chi connectivity index (χ2n) is 5.35. The molecule has 0 spiro atoms. The van der Waals surface area contributed by atoms with Gasteiger partial charge in [0.2, 0.25) is 15.9 Å². The number of carbonyl (C=O) groups is 1. The number of carbonyl (C=O) groups excluding carboxylic acids is 1. The van der Waals surface area contributed by atoms with Crippen LogP contribution in [0.15, 0.2) is 0 Å². The molecule has 0 aliphatic carbocycles. The average Bonchev–Trinajstić information content (AvgIpc) is 2.46. The van der Waals surface area contributed by atoms with Crippen molar-refractivity contribution in [1.29, 1.82) is 0 Å². The molecule has 0 atom stereocenters. The molecule has 0 saturated carbocycles. The van der Waals surface area contributed by atoms with Crippen LogP contribution in [0.4, 0.5) is 0 Å². The van der Waals surface area contributed by atoms with Gasteiger partial charge in [0, 0.05) is 32.1 Å². The van der Waals surface area contributed by atoms with Crippen molar-refractivity contribution in [1.82, 2.24) is 9.21 Å². The first-order valence-corrected chi connectivity index (χ1v) is 9.33. The Balaban J connectivity index is 2.53. The summed E-state index contributed by atoms with van der Waals surface area (Å²) in [6.07, 6.45) is 2.90. The predicted octanol–water partition coefficient (Wildman–Crippen LogP) is 1.70. The van der Waals surface area contributed by atoms with E-state index in [-0.39, 0.29) is 17.6 Å². The standard InChI is InChI=1S/C14H28N2O3S/c1-4-7-12-20(18,19)16-10-8-13(9-11-16)14(17)15(5-2)6-3/h13H,4-12H2,1-3H3. The highest BCUT2D eigenvalue weighted by Crippen LogP contribution is 2.22. The molecule has 1 heterocycles. The fourth-order valence-electron chi connectivity index (χ4n) is 2.63. The number of sulfonamides is 1. The lowest BCUT2D eigenvalue weighted by molar-refractivity contribution is -0.136. The summed E-state index contributed by atoms with van der Waals surface area (Å²) in [5.41, 5.74) is 0. The molecular formula is C14H28N2O3S. The highest BCUT2D eigenvalue weighted by molar-refractivity contribution is 7.89. The molecule has 1 amide bonds. The number of hydrogen-bond donors (Lipinski definition) is 0. The minimum absolute atomic E-state index is 0.00692. The number of amides is 1. The van der Waals surface area contributed by atoms with E-state index in [0.717, 1.165) is 19.5 Å². The normalized spacial score (nSPS) is 18.1. The maximum atomic E-state index is 12.2. The second kappa shape index (κ2) is 7.98. The van der Waals surface area contributed by atoms with Crippen LogP contribution < -0.4 is 0 Å². The molecule has 118 valence electrons. The van der Waals surface area contributed by atoms with Crippen LogP contribution in [0.1, 0.15) is 46.5 Å². The van der Waals surface area contributed by atoms with Crippen LogP contribution in [-0.4, -0.2) is 55.5 Å². The van der Waals surface area contributed by atoms with Gasteiger partial charge in [0.25, 0.3) is 0 Å². The minimum Gasteiger partial charge on any atom is -0.343 e. The Morgan fingerprint density at radius 2 is 1.70 bits per heavy atom. The van der Waals surface area contributed by atoms with E-state index in [4.69, 9.17) is 0 Å². The minimum atomic E-state index is -3.12. The average molecular weight is 304 g/mol. The summed E-state index contributed by atoms with van der Waals surface area (Å²) >= 11 is 0. The van der Waals surface area contributed by atoms with E-state index in [9.17, 15) is 13.2 Å². The quantitative estimate of drug-likeness (QED) is 0.719. The maximum absolute atomic E-state index is 12.2. The first-order chi connectivity index (χ1) is 9.46. The van der Waals surface area contributed by atoms with Crippen LogP contribution in [0.2, 0.25) is 0 Å². The van der Waals surface area contributed by atoms with E-state index >= 15 is 0 Å². The Hall–Kier alpha value is -0.620.